The third kappa shape index (κ3) is 4.39. The van der Waals surface area contributed by atoms with Gasteiger partial charge in [-0.2, -0.15) is 0 Å². The van der Waals surface area contributed by atoms with E-state index in [2.05, 4.69) is 41.8 Å². The van der Waals surface area contributed by atoms with E-state index < -0.39 is 0 Å². The number of H-pyrrole nitrogens is 1. The predicted octanol–water partition coefficient (Wildman–Crippen LogP) is 4.84. The van der Waals surface area contributed by atoms with Crippen molar-refractivity contribution < 1.29 is 4.74 Å². The van der Waals surface area contributed by atoms with Crippen molar-refractivity contribution in [3.8, 4) is 17.1 Å². The molecule has 5 nitrogen and oxygen atoms in total. The number of hydrogen-bond donors (Lipinski definition) is 1. The van der Waals surface area contributed by atoms with Crippen molar-refractivity contribution in [1.82, 2.24) is 19.9 Å². The van der Waals surface area contributed by atoms with Crippen molar-refractivity contribution in [3.63, 3.8) is 0 Å². The molecule has 1 N–H and O–H groups in total. The van der Waals surface area contributed by atoms with Crippen LogP contribution >= 0.6 is 15.9 Å². The number of piperidine rings is 1. The van der Waals surface area contributed by atoms with E-state index in [1.165, 1.54) is 24.8 Å². The number of hydrogen-bond acceptors (Lipinski definition) is 4. The molecule has 1 aliphatic heterocycles. The predicted molar refractivity (Wildman–Crippen MR) is 110 cm³/mol. The average molecular weight is 427 g/mol. The molecule has 0 saturated carbocycles. The summed E-state index contributed by atoms with van der Waals surface area (Å²) < 4.78 is 7.00. The molecule has 0 amide bonds. The minimum absolute atomic E-state index is 0.448. The molecule has 1 atom stereocenters. The zero-order chi connectivity index (χ0) is 18.5. The number of ether oxygens (including phenoxy) is 1. The molecule has 1 saturated heterocycles. The summed E-state index contributed by atoms with van der Waals surface area (Å²) in [6.45, 7) is 2.70. The number of halogens is 1. The maximum atomic E-state index is 6.03. The van der Waals surface area contributed by atoms with E-state index in [1.807, 2.05) is 42.9 Å². The topological polar surface area (TPSA) is 54.0 Å². The molecule has 6 heteroatoms. The van der Waals surface area contributed by atoms with Crippen molar-refractivity contribution in [2.75, 3.05) is 19.7 Å². The van der Waals surface area contributed by atoms with Crippen molar-refractivity contribution in [2.24, 2.45) is 0 Å². The lowest BCUT2D eigenvalue weighted by Gasteiger charge is -2.35. The molecule has 4 rings (SSSR count). The molecule has 0 bridgehead atoms. The SMILES string of the molecule is Brc1cc(OCCN2CCCCC2c2cccnc2)ccc1-c1ncc[nH]1. The van der Waals surface area contributed by atoms with Crippen LogP contribution in [0, 0.1) is 0 Å². The highest BCUT2D eigenvalue weighted by Gasteiger charge is 2.23. The molecule has 3 aromatic rings. The Morgan fingerprint density at radius 3 is 2.96 bits per heavy atom. The van der Waals surface area contributed by atoms with Crippen LogP contribution in [0.5, 0.6) is 5.75 Å². The van der Waals surface area contributed by atoms with Crippen molar-refractivity contribution in [2.45, 2.75) is 25.3 Å². The minimum atomic E-state index is 0.448. The number of nitrogens with one attached hydrogen (secondary N) is 1. The Hall–Kier alpha value is -2.18. The average Bonchev–Trinajstić information content (AvgIpc) is 3.24. The number of nitrogens with zero attached hydrogens (tertiary/aromatic N) is 3. The summed E-state index contributed by atoms with van der Waals surface area (Å²) in [7, 11) is 0. The van der Waals surface area contributed by atoms with E-state index in [9.17, 15) is 0 Å². The van der Waals surface area contributed by atoms with Gasteiger partial charge in [0.25, 0.3) is 0 Å². The molecule has 0 aliphatic carbocycles. The third-order valence-electron chi connectivity index (χ3n) is 5.02. The fourth-order valence-electron chi connectivity index (χ4n) is 3.68. The molecule has 1 unspecified atom stereocenters. The van der Waals surface area contributed by atoms with E-state index >= 15 is 0 Å². The second-order valence-electron chi connectivity index (χ2n) is 6.76. The van der Waals surface area contributed by atoms with Gasteiger partial charge in [0.05, 0.1) is 0 Å². The first-order valence-corrected chi connectivity index (χ1v) is 10.2. The summed E-state index contributed by atoms with van der Waals surface area (Å²) in [5.41, 5.74) is 2.34. The Labute approximate surface area is 167 Å². The van der Waals surface area contributed by atoms with Crippen LogP contribution in [0.15, 0.2) is 59.6 Å². The molecule has 1 aromatic carbocycles. The highest BCUT2D eigenvalue weighted by Crippen LogP contribution is 2.31. The summed E-state index contributed by atoms with van der Waals surface area (Å²) in [5.74, 6) is 1.72. The zero-order valence-electron chi connectivity index (χ0n) is 15.1. The summed E-state index contributed by atoms with van der Waals surface area (Å²) in [4.78, 5) is 14.2. The molecular weight excluding hydrogens is 404 g/mol. The number of aromatic amines is 1. The molecule has 2 aromatic heterocycles. The van der Waals surface area contributed by atoms with Crippen LogP contribution in [0.2, 0.25) is 0 Å². The Kier molecular flexibility index (Phi) is 5.84. The molecule has 1 aliphatic rings. The Morgan fingerprint density at radius 1 is 1.22 bits per heavy atom. The van der Waals surface area contributed by atoms with Crippen molar-refractivity contribution in [1.29, 1.82) is 0 Å². The van der Waals surface area contributed by atoms with E-state index in [-0.39, 0.29) is 0 Å². The normalized spacial score (nSPS) is 17.7. The van der Waals surface area contributed by atoms with Gasteiger partial charge in [0, 0.05) is 47.4 Å². The number of pyridine rings is 1. The van der Waals surface area contributed by atoms with Gasteiger partial charge in [0.15, 0.2) is 0 Å². The first-order chi connectivity index (χ1) is 13.3. The van der Waals surface area contributed by atoms with Crippen LogP contribution in [0.4, 0.5) is 0 Å². The van der Waals surface area contributed by atoms with E-state index in [1.54, 1.807) is 6.20 Å². The monoisotopic (exact) mass is 426 g/mol. The van der Waals surface area contributed by atoms with Gasteiger partial charge in [-0.3, -0.25) is 9.88 Å². The van der Waals surface area contributed by atoms with Crippen LogP contribution in [0.1, 0.15) is 30.9 Å². The number of benzene rings is 1. The van der Waals surface area contributed by atoms with E-state index in [0.717, 1.165) is 34.7 Å². The summed E-state index contributed by atoms with van der Waals surface area (Å²) in [5, 5.41) is 0. The second-order valence-corrected chi connectivity index (χ2v) is 7.62. The van der Waals surface area contributed by atoms with Gasteiger partial charge in [-0.25, -0.2) is 4.98 Å². The van der Waals surface area contributed by atoms with Crippen LogP contribution in [-0.4, -0.2) is 39.5 Å². The lowest BCUT2D eigenvalue weighted by molar-refractivity contribution is 0.123. The number of rotatable bonds is 6. The number of imidazole rings is 1. The Morgan fingerprint density at radius 2 is 2.19 bits per heavy atom. The lowest BCUT2D eigenvalue weighted by atomic mass is 9.96. The third-order valence-corrected chi connectivity index (χ3v) is 5.68. The standard InChI is InChI=1S/C21H23BrN4O/c22-19-14-17(6-7-18(19)21-24-9-10-25-21)27-13-12-26-11-2-1-5-20(26)16-4-3-8-23-15-16/h3-4,6-10,14-15,20H,1-2,5,11-13H2,(H,24,25). The number of aromatic nitrogens is 3. The molecule has 3 heterocycles. The Bertz CT molecular complexity index is 854. The Balaban J connectivity index is 1.37. The smallest absolute Gasteiger partial charge is 0.138 e. The first-order valence-electron chi connectivity index (χ1n) is 9.37. The summed E-state index contributed by atoms with van der Waals surface area (Å²) >= 11 is 3.62. The van der Waals surface area contributed by atoms with Crippen molar-refractivity contribution in [3.05, 3.63) is 65.2 Å². The van der Waals surface area contributed by atoms with Gasteiger partial charge in [-0.05, 0) is 65.1 Å². The van der Waals surface area contributed by atoms with Crippen LogP contribution in [-0.2, 0) is 0 Å². The number of likely N-dealkylation sites (tertiary alicyclic amines) is 1. The maximum absolute atomic E-state index is 6.03. The van der Waals surface area contributed by atoms with Gasteiger partial charge < -0.3 is 9.72 Å². The van der Waals surface area contributed by atoms with E-state index in [0.29, 0.717) is 12.6 Å². The highest BCUT2D eigenvalue weighted by atomic mass is 79.9. The van der Waals surface area contributed by atoms with Gasteiger partial charge >= 0.3 is 0 Å². The van der Waals surface area contributed by atoms with Crippen molar-refractivity contribution >= 4 is 15.9 Å². The second kappa shape index (κ2) is 8.67. The molecule has 140 valence electrons. The molecular formula is C21H23BrN4O. The molecule has 0 radical (unpaired) electrons. The molecule has 0 spiro atoms. The zero-order valence-corrected chi connectivity index (χ0v) is 16.7. The first kappa shape index (κ1) is 18.2. The van der Waals surface area contributed by atoms with Gasteiger partial charge in [0.2, 0.25) is 0 Å². The summed E-state index contributed by atoms with van der Waals surface area (Å²) in [6, 6.07) is 10.7. The largest absolute Gasteiger partial charge is 0.492 e. The highest BCUT2D eigenvalue weighted by molar-refractivity contribution is 9.10. The minimum Gasteiger partial charge on any atom is -0.492 e. The van der Waals surface area contributed by atoms with Gasteiger partial charge in [-0.1, -0.05) is 12.5 Å². The van der Waals surface area contributed by atoms with E-state index in [4.69, 9.17) is 4.74 Å². The van der Waals surface area contributed by atoms with Gasteiger partial charge in [0.1, 0.15) is 18.2 Å². The quantitative estimate of drug-likeness (QED) is 0.612. The molecule has 27 heavy (non-hydrogen) atoms. The van der Waals surface area contributed by atoms with Gasteiger partial charge in [-0.15, -0.1) is 0 Å². The summed E-state index contributed by atoms with van der Waals surface area (Å²) in [6.07, 6.45) is 11.1. The van der Waals surface area contributed by atoms with Crippen LogP contribution in [0.25, 0.3) is 11.4 Å². The fraction of sp³-hybridized carbons (Fsp3) is 0.333. The fourth-order valence-corrected chi connectivity index (χ4v) is 4.23. The van der Waals surface area contributed by atoms with Crippen LogP contribution < -0.4 is 4.74 Å². The van der Waals surface area contributed by atoms with Crippen LogP contribution in [0.3, 0.4) is 0 Å². The maximum Gasteiger partial charge on any atom is 0.138 e. The molecule has 1 fully saturated rings. The lowest BCUT2D eigenvalue weighted by Crippen LogP contribution is -2.36.